The molecular weight excluding hydrogens is 1200 g/mol. The molecule has 0 aliphatic rings. The fraction of sp³-hybridized carbons (Fsp3) is 0.944. The van der Waals surface area contributed by atoms with Crippen molar-refractivity contribution in [3.63, 3.8) is 0 Å². The van der Waals surface area contributed by atoms with Gasteiger partial charge in [-0.2, -0.15) is 0 Å². The van der Waals surface area contributed by atoms with E-state index < -0.39 is 97.5 Å². The van der Waals surface area contributed by atoms with Crippen molar-refractivity contribution in [1.82, 2.24) is 0 Å². The fourth-order valence-electron chi connectivity index (χ4n) is 10.9. The third-order valence-electron chi connectivity index (χ3n) is 16.6. The van der Waals surface area contributed by atoms with Crippen LogP contribution in [0.5, 0.6) is 0 Å². The average Bonchev–Trinajstić information content (AvgIpc) is 3.65. The number of rotatable bonds is 70. The first-order valence-electron chi connectivity index (χ1n) is 37.3. The van der Waals surface area contributed by atoms with E-state index in [4.69, 9.17) is 37.0 Å². The number of aliphatic hydroxyl groups excluding tert-OH is 1. The van der Waals surface area contributed by atoms with Gasteiger partial charge in [-0.05, 0) is 43.4 Å². The van der Waals surface area contributed by atoms with Crippen molar-refractivity contribution in [3.8, 4) is 0 Å². The molecule has 0 spiro atoms. The Kier molecular flexibility index (Phi) is 61.5. The summed E-state index contributed by atoms with van der Waals surface area (Å²) in [5, 5.41) is 10.6. The Morgan fingerprint density at radius 2 is 0.505 bits per heavy atom. The zero-order valence-electron chi connectivity index (χ0n) is 59.3. The van der Waals surface area contributed by atoms with Crippen molar-refractivity contribution in [2.24, 2.45) is 17.8 Å². The highest BCUT2D eigenvalue weighted by molar-refractivity contribution is 7.47. The molecule has 5 atom stereocenters. The minimum absolute atomic E-state index is 0.103. The lowest BCUT2D eigenvalue weighted by molar-refractivity contribution is -0.161. The lowest BCUT2D eigenvalue weighted by atomic mass is 10.0. The van der Waals surface area contributed by atoms with Crippen LogP contribution in [-0.4, -0.2) is 96.7 Å². The molecule has 0 rings (SSSR count). The lowest BCUT2D eigenvalue weighted by Crippen LogP contribution is -2.30. The molecule has 0 heterocycles. The van der Waals surface area contributed by atoms with Gasteiger partial charge in [-0.15, -0.1) is 0 Å². The van der Waals surface area contributed by atoms with E-state index in [0.29, 0.717) is 31.6 Å². The van der Waals surface area contributed by atoms with Crippen LogP contribution in [-0.2, 0) is 65.4 Å². The van der Waals surface area contributed by atoms with E-state index in [1.165, 1.54) is 167 Å². The maximum absolute atomic E-state index is 13.0. The second-order valence-corrected chi connectivity index (χ2v) is 30.3. The molecule has 0 radical (unpaired) electrons. The van der Waals surface area contributed by atoms with Crippen molar-refractivity contribution < 1.29 is 80.2 Å². The van der Waals surface area contributed by atoms with Crippen molar-refractivity contribution in [1.29, 1.82) is 0 Å². The van der Waals surface area contributed by atoms with E-state index in [-0.39, 0.29) is 25.7 Å². The van der Waals surface area contributed by atoms with Crippen LogP contribution in [0.4, 0.5) is 0 Å². The highest BCUT2D eigenvalue weighted by Gasteiger charge is 2.30. The number of carbonyl (C=O) groups excluding carboxylic acids is 4. The quantitative estimate of drug-likeness (QED) is 0.0222. The Morgan fingerprint density at radius 1 is 0.297 bits per heavy atom. The van der Waals surface area contributed by atoms with Gasteiger partial charge in [0, 0.05) is 25.7 Å². The van der Waals surface area contributed by atoms with Gasteiger partial charge in [-0.25, -0.2) is 9.13 Å². The number of hydrogen-bond acceptors (Lipinski definition) is 15. The second kappa shape index (κ2) is 62.8. The summed E-state index contributed by atoms with van der Waals surface area (Å²) in [4.78, 5) is 72.6. The third-order valence-corrected chi connectivity index (χ3v) is 18.5. The van der Waals surface area contributed by atoms with Crippen LogP contribution in [0.15, 0.2) is 0 Å². The van der Waals surface area contributed by atoms with Crippen molar-refractivity contribution in [3.05, 3.63) is 0 Å². The van der Waals surface area contributed by atoms with Gasteiger partial charge in [-0.1, -0.05) is 312 Å². The molecule has 0 aromatic carbocycles. The third kappa shape index (κ3) is 66.5. The molecule has 0 aromatic rings. The van der Waals surface area contributed by atoms with Crippen LogP contribution in [0.1, 0.15) is 363 Å². The summed E-state index contributed by atoms with van der Waals surface area (Å²) in [7, 11) is -9.90. The summed E-state index contributed by atoms with van der Waals surface area (Å²) in [6, 6.07) is 0. The Bertz CT molecular complexity index is 1780. The number of hydrogen-bond donors (Lipinski definition) is 3. The van der Waals surface area contributed by atoms with Gasteiger partial charge in [0.25, 0.3) is 0 Å². The molecule has 0 bridgehead atoms. The van der Waals surface area contributed by atoms with E-state index in [1.807, 2.05) is 0 Å². The first-order chi connectivity index (χ1) is 43.7. The summed E-state index contributed by atoms with van der Waals surface area (Å²) in [6.07, 6.45) is 47.4. The smallest absolute Gasteiger partial charge is 0.462 e. The van der Waals surface area contributed by atoms with Gasteiger partial charge in [0.15, 0.2) is 12.2 Å². The molecule has 0 aliphatic heterocycles. The Morgan fingerprint density at radius 3 is 0.747 bits per heavy atom. The summed E-state index contributed by atoms with van der Waals surface area (Å²) < 4.78 is 68.3. The predicted molar refractivity (Wildman–Crippen MR) is 368 cm³/mol. The predicted octanol–water partition coefficient (Wildman–Crippen LogP) is 20.6. The van der Waals surface area contributed by atoms with E-state index in [1.54, 1.807) is 0 Å². The SMILES string of the molecule is CCCCCCCCCCCCCCCCCCCCC(=O)O[C@H](COC(=O)CCCCCCCCCCCC(C)C)COP(=O)(O)OC[C@@H](O)COP(=O)(O)OC[C@@H](COC(=O)CCCCCCCCCC(C)C)OC(=O)CCCCCCCCCCC(C)C. The maximum Gasteiger partial charge on any atom is 0.472 e. The Balaban J connectivity index is 5.23. The van der Waals surface area contributed by atoms with E-state index >= 15 is 0 Å². The van der Waals surface area contributed by atoms with Crippen LogP contribution in [0.3, 0.4) is 0 Å². The summed E-state index contributed by atoms with van der Waals surface area (Å²) in [5.41, 5.74) is 0. The monoisotopic (exact) mass is 1340 g/mol. The topological polar surface area (TPSA) is 237 Å². The van der Waals surface area contributed by atoms with E-state index in [2.05, 4.69) is 48.5 Å². The first kappa shape index (κ1) is 89.1. The fourth-order valence-corrected chi connectivity index (χ4v) is 12.5. The molecule has 3 N–H and O–H groups in total. The normalized spacial score (nSPS) is 14.2. The van der Waals surface area contributed by atoms with Gasteiger partial charge in [-0.3, -0.25) is 37.3 Å². The van der Waals surface area contributed by atoms with Gasteiger partial charge < -0.3 is 33.8 Å². The zero-order valence-corrected chi connectivity index (χ0v) is 61.1. The molecule has 0 saturated heterocycles. The number of ether oxygens (including phenoxy) is 4. The van der Waals surface area contributed by atoms with E-state index in [9.17, 15) is 43.2 Å². The molecule has 0 aliphatic carbocycles. The molecule has 91 heavy (non-hydrogen) atoms. The lowest BCUT2D eigenvalue weighted by Gasteiger charge is -2.21. The van der Waals surface area contributed by atoms with Crippen LogP contribution >= 0.6 is 15.6 Å². The Labute approximate surface area is 556 Å². The van der Waals surface area contributed by atoms with Gasteiger partial charge in [0.2, 0.25) is 0 Å². The summed E-state index contributed by atoms with van der Waals surface area (Å²) in [6.45, 7) is 11.7. The van der Waals surface area contributed by atoms with E-state index in [0.717, 1.165) is 108 Å². The minimum Gasteiger partial charge on any atom is -0.462 e. The number of carbonyl (C=O) groups is 4. The van der Waals surface area contributed by atoms with Crippen molar-refractivity contribution >= 4 is 39.5 Å². The summed E-state index contributed by atoms with van der Waals surface area (Å²) >= 11 is 0. The molecule has 17 nitrogen and oxygen atoms in total. The largest absolute Gasteiger partial charge is 0.472 e. The molecule has 0 aromatic heterocycles. The average molecular weight is 1340 g/mol. The van der Waals surface area contributed by atoms with Gasteiger partial charge in [0.1, 0.15) is 19.3 Å². The molecule has 2 unspecified atom stereocenters. The van der Waals surface area contributed by atoms with Crippen molar-refractivity contribution in [2.45, 2.75) is 381 Å². The highest BCUT2D eigenvalue weighted by atomic mass is 31.2. The van der Waals surface area contributed by atoms with Crippen LogP contribution < -0.4 is 0 Å². The molecule has 540 valence electrons. The second-order valence-electron chi connectivity index (χ2n) is 27.4. The maximum atomic E-state index is 13.0. The number of phosphoric acid groups is 2. The first-order valence-corrected chi connectivity index (χ1v) is 40.3. The van der Waals surface area contributed by atoms with Crippen molar-refractivity contribution in [2.75, 3.05) is 39.6 Å². The van der Waals surface area contributed by atoms with Gasteiger partial charge >= 0.3 is 39.5 Å². The van der Waals surface area contributed by atoms with Crippen LogP contribution in [0.25, 0.3) is 0 Å². The number of aliphatic hydroxyl groups is 1. The summed E-state index contributed by atoms with van der Waals surface area (Å²) in [5.74, 6) is 0.0406. The van der Waals surface area contributed by atoms with Crippen LogP contribution in [0.2, 0.25) is 0 Å². The molecular formula is C72H140O17P2. The standard InChI is InChI=1S/C72H140O17P2/c1-8-9-10-11-12-13-14-15-16-17-18-19-20-21-24-33-41-48-55-71(76)88-67(59-82-69(74)53-46-39-32-25-22-23-29-36-43-50-63(2)3)61-86-90(78,79)84-57-66(73)58-85-91(80,81)87-62-68(60-83-70(75)54-47-40-35-28-31-38-45-52-65(6)7)89-72(77)56-49-42-34-27-26-30-37-44-51-64(4)5/h63-68,73H,8-62H2,1-7H3,(H,78,79)(H,80,81)/t66-,67-,68-/m1/s1. The highest BCUT2D eigenvalue weighted by Crippen LogP contribution is 2.45. The zero-order chi connectivity index (χ0) is 67.3. The number of phosphoric ester groups is 2. The number of esters is 4. The molecule has 0 saturated carbocycles. The minimum atomic E-state index is -4.95. The molecule has 19 heteroatoms. The molecule has 0 fully saturated rings. The Hall–Kier alpha value is -1.94. The number of unbranched alkanes of at least 4 members (excludes halogenated alkanes) is 38. The van der Waals surface area contributed by atoms with Gasteiger partial charge in [0.05, 0.1) is 26.4 Å². The molecule has 0 amide bonds. The van der Waals surface area contributed by atoms with Crippen LogP contribution in [0, 0.1) is 17.8 Å².